The van der Waals surface area contributed by atoms with E-state index in [1.165, 1.54) is 167 Å². The number of phosphoric acid groups is 2. The molecule has 0 aliphatic carbocycles. The summed E-state index contributed by atoms with van der Waals surface area (Å²) in [5.74, 6) is 0.205. The van der Waals surface area contributed by atoms with Gasteiger partial charge in [-0.2, -0.15) is 0 Å². The lowest BCUT2D eigenvalue weighted by Gasteiger charge is -2.21. The second-order valence-corrected chi connectivity index (χ2v) is 30.3. The van der Waals surface area contributed by atoms with E-state index in [0.717, 1.165) is 114 Å². The standard InChI is InChI=1S/C72H140O17P2/c1-8-9-10-36-46-53-69(74)82-59-67(88-71(76)56-49-42-35-29-23-22-26-32-39-45-52-65(6)7)61-86-90(78,79)84-57-66(73)58-85-91(80,81)87-62-68(60-83-70(75)54-47-40-33-27-20-17-13-15-19-25-31-38-44-51-64(4)5)89-72(77)55-48-41-34-28-21-16-12-11-14-18-24-30-37-43-50-63(2)3/h63-68,73H,8-62H2,1-7H3,(H,78,79)(H,80,81)/t66-,67+,68+/m0/s1. The van der Waals surface area contributed by atoms with Gasteiger partial charge in [-0.05, 0) is 43.4 Å². The monoisotopic (exact) mass is 1340 g/mol. The predicted molar refractivity (Wildman–Crippen MR) is 368 cm³/mol. The summed E-state index contributed by atoms with van der Waals surface area (Å²) >= 11 is 0. The van der Waals surface area contributed by atoms with E-state index in [4.69, 9.17) is 37.0 Å². The maximum absolute atomic E-state index is 13.0. The third-order valence-corrected chi connectivity index (χ3v) is 18.5. The van der Waals surface area contributed by atoms with Gasteiger partial charge in [0.05, 0.1) is 26.4 Å². The van der Waals surface area contributed by atoms with Crippen molar-refractivity contribution in [1.82, 2.24) is 0 Å². The maximum atomic E-state index is 13.0. The number of hydrogen-bond acceptors (Lipinski definition) is 15. The van der Waals surface area contributed by atoms with Crippen LogP contribution in [0.5, 0.6) is 0 Å². The molecule has 3 N–H and O–H groups in total. The van der Waals surface area contributed by atoms with Crippen molar-refractivity contribution in [3.05, 3.63) is 0 Å². The molecule has 0 aliphatic rings. The lowest BCUT2D eigenvalue weighted by atomic mass is 10.0. The molecule has 91 heavy (non-hydrogen) atoms. The van der Waals surface area contributed by atoms with Gasteiger partial charge in [-0.3, -0.25) is 37.3 Å². The molecule has 0 aromatic carbocycles. The zero-order valence-corrected chi connectivity index (χ0v) is 61.1. The van der Waals surface area contributed by atoms with E-state index in [-0.39, 0.29) is 25.7 Å². The minimum absolute atomic E-state index is 0.105. The number of unbranched alkanes of at least 4 members (excludes halogenated alkanes) is 38. The van der Waals surface area contributed by atoms with Crippen LogP contribution in [0, 0.1) is 17.8 Å². The number of rotatable bonds is 70. The number of phosphoric ester groups is 2. The van der Waals surface area contributed by atoms with Crippen molar-refractivity contribution in [2.45, 2.75) is 381 Å². The summed E-state index contributed by atoms with van der Waals surface area (Å²) in [6.07, 6.45) is 47.6. The van der Waals surface area contributed by atoms with Crippen molar-refractivity contribution in [1.29, 1.82) is 0 Å². The first-order chi connectivity index (χ1) is 43.7. The quantitative estimate of drug-likeness (QED) is 0.0222. The molecule has 0 bridgehead atoms. The molecular weight excluding hydrogens is 1200 g/mol. The predicted octanol–water partition coefficient (Wildman–Crippen LogP) is 20.6. The first-order valence-corrected chi connectivity index (χ1v) is 40.3. The van der Waals surface area contributed by atoms with Gasteiger partial charge >= 0.3 is 39.5 Å². The average Bonchev–Trinajstić information content (AvgIpc) is 3.40. The Kier molecular flexibility index (Phi) is 61.5. The van der Waals surface area contributed by atoms with Gasteiger partial charge in [0.15, 0.2) is 12.2 Å². The van der Waals surface area contributed by atoms with E-state index in [0.29, 0.717) is 25.7 Å². The number of carbonyl (C=O) groups excluding carboxylic acids is 4. The van der Waals surface area contributed by atoms with Gasteiger partial charge in [0, 0.05) is 25.7 Å². The maximum Gasteiger partial charge on any atom is 0.472 e. The summed E-state index contributed by atoms with van der Waals surface area (Å²) in [7, 11) is -9.90. The van der Waals surface area contributed by atoms with E-state index in [2.05, 4.69) is 48.5 Å². The number of carbonyl (C=O) groups is 4. The molecule has 0 heterocycles. The van der Waals surface area contributed by atoms with Crippen molar-refractivity contribution in [2.24, 2.45) is 17.8 Å². The Morgan fingerprint density at radius 2 is 0.505 bits per heavy atom. The van der Waals surface area contributed by atoms with Crippen LogP contribution in [0.15, 0.2) is 0 Å². The second kappa shape index (κ2) is 62.8. The Balaban J connectivity index is 5.16. The molecule has 0 rings (SSSR count). The Labute approximate surface area is 556 Å². The molecule has 0 fully saturated rings. The SMILES string of the molecule is CCCCCCCC(=O)OC[C@H](COP(=O)(O)OC[C@H](O)COP(=O)(O)OC[C@@H](COC(=O)CCCCCCCCCCCCCCCC(C)C)OC(=O)CCCCCCCCCCCCCCCCC(C)C)OC(=O)CCCCCCCCCCCCC(C)C. The molecule has 0 saturated heterocycles. The lowest BCUT2D eigenvalue weighted by Crippen LogP contribution is -2.30. The summed E-state index contributed by atoms with van der Waals surface area (Å²) < 4.78 is 68.2. The number of aliphatic hydroxyl groups is 1. The van der Waals surface area contributed by atoms with Crippen LogP contribution in [0.4, 0.5) is 0 Å². The molecule has 5 atom stereocenters. The normalized spacial score (nSPS) is 14.2. The molecule has 0 amide bonds. The van der Waals surface area contributed by atoms with Crippen molar-refractivity contribution in [2.75, 3.05) is 39.6 Å². The van der Waals surface area contributed by atoms with Gasteiger partial charge in [-0.25, -0.2) is 9.13 Å². The molecule has 0 aromatic heterocycles. The number of hydrogen-bond donors (Lipinski definition) is 3. The molecule has 0 aromatic rings. The van der Waals surface area contributed by atoms with E-state index >= 15 is 0 Å². The topological polar surface area (TPSA) is 237 Å². The number of esters is 4. The first kappa shape index (κ1) is 89.1. The van der Waals surface area contributed by atoms with Crippen molar-refractivity contribution < 1.29 is 80.2 Å². The first-order valence-electron chi connectivity index (χ1n) is 37.3. The molecule has 0 aliphatic heterocycles. The van der Waals surface area contributed by atoms with Gasteiger partial charge in [-0.1, -0.05) is 312 Å². The highest BCUT2D eigenvalue weighted by Crippen LogP contribution is 2.45. The smallest absolute Gasteiger partial charge is 0.462 e. The van der Waals surface area contributed by atoms with Crippen LogP contribution in [0.25, 0.3) is 0 Å². The zero-order valence-electron chi connectivity index (χ0n) is 59.3. The fourth-order valence-electron chi connectivity index (χ4n) is 10.9. The number of aliphatic hydroxyl groups excluding tert-OH is 1. The number of ether oxygens (including phenoxy) is 4. The molecule has 0 radical (unpaired) electrons. The largest absolute Gasteiger partial charge is 0.472 e. The third-order valence-electron chi connectivity index (χ3n) is 16.6. The Hall–Kier alpha value is -1.94. The van der Waals surface area contributed by atoms with Gasteiger partial charge in [-0.15, -0.1) is 0 Å². The highest BCUT2D eigenvalue weighted by molar-refractivity contribution is 7.47. The van der Waals surface area contributed by atoms with Crippen LogP contribution >= 0.6 is 15.6 Å². The fraction of sp³-hybridized carbons (Fsp3) is 0.944. The molecule has 540 valence electrons. The molecule has 0 saturated carbocycles. The summed E-state index contributed by atoms with van der Waals surface area (Å²) in [6, 6.07) is 0. The summed E-state index contributed by atoms with van der Waals surface area (Å²) in [6.45, 7) is 11.8. The third kappa shape index (κ3) is 66.5. The van der Waals surface area contributed by atoms with Gasteiger partial charge < -0.3 is 33.8 Å². The molecule has 2 unspecified atom stereocenters. The summed E-state index contributed by atoms with van der Waals surface area (Å²) in [4.78, 5) is 72.4. The minimum atomic E-state index is -4.95. The van der Waals surface area contributed by atoms with E-state index in [1.807, 2.05) is 0 Å². The minimum Gasteiger partial charge on any atom is -0.462 e. The van der Waals surface area contributed by atoms with Crippen molar-refractivity contribution in [3.8, 4) is 0 Å². The molecule has 19 heteroatoms. The molecular formula is C72H140O17P2. The van der Waals surface area contributed by atoms with Crippen LogP contribution in [-0.4, -0.2) is 96.7 Å². The molecule has 0 spiro atoms. The average molecular weight is 1340 g/mol. The lowest BCUT2D eigenvalue weighted by molar-refractivity contribution is -0.161. The Morgan fingerprint density at radius 3 is 0.747 bits per heavy atom. The zero-order chi connectivity index (χ0) is 67.3. The Morgan fingerprint density at radius 1 is 0.297 bits per heavy atom. The van der Waals surface area contributed by atoms with Gasteiger partial charge in [0.2, 0.25) is 0 Å². The van der Waals surface area contributed by atoms with E-state index in [9.17, 15) is 43.2 Å². The molecule has 17 nitrogen and oxygen atoms in total. The Bertz CT molecular complexity index is 1780. The van der Waals surface area contributed by atoms with Crippen molar-refractivity contribution >= 4 is 39.5 Å². The van der Waals surface area contributed by atoms with Gasteiger partial charge in [0.1, 0.15) is 19.3 Å². The van der Waals surface area contributed by atoms with E-state index < -0.39 is 97.5 Å². The van der Waals surface area contributed by atoms with Crippen molar-refractivity contribution in [3.63, 3.8) is 0 Å². The van der Waals surface area contributed by atoms with Crippen LogP contribution in [0.1, 0.15) is 363 Å². The van der Waals surface area contributed by atoms with Crippen LogP contribution < -0.4 is 0 Å². The van der Waals surface area contributed by atoms with Crippen LogP contribution in [0.3, 0.4) is 0 Å². The van der Waals surface area contributed by atoms with Crippen LogP contribution in [0.2, 0.25) is 0 Å². The highest BCUT2D eigenvalue weighted by atomic mass is 31.2. The summed E-state index contributed by atoms with van der Waals surface area (Å²) in [5.41, 5.74) is 0. The fourth-order valence-corrected chi connectivity index (χ4v) is 12.5. The highest BCUT2D eigenvalue weighted by Gasteiger charge is 2.30. The van der Waals surface area contributed by atoms with Crippen LogP contribution in [-0.2, 0) is 65.4 Å². The van der Waals surface area contributed by atoms with E-state index in [1.54, 1.807) is 0 Å². The van der Waals surface area contributed by atoms with Gasteiger partial charge in [0.25, 0.3) is 0 Å². The summed E-state index contributed by atoms with van der Waals surface area (Å²) in [5, 5.41) is 10.6. The second-order valence-electron chi connectivity index (χ2n) is 27.4.